The highest BCUT2D eigenvalue weighted by molar-refractivity contribution is 5.78. The smallest absolute Gasteiger partial charge is 0.225 e. The van der Waals surface area contributed by atoms with E-state index in [1.165, 1.54) is 0 Å². The van der Waals surface area contributed by atoms with E-state index < -0.39 is 5.60 Å². The molecular weight excluding hydrogens is 280 g/mol. The van der Waals surface area contributed by atoms with Gasteiger partial charge in [-0.1, -0.05) is 0 Å². The van der Waals surface area contributed by atoms with Gasteiger partial charge in [-0.3, -0.25) is 4.99 Å². The number of nitrogens with two attached hydrogens (primary N) is 1. The Morgan fingerprint density at radius 1 is 1.23 bits per heavy atom. The highest BCUT2D eigenvalue weighted by atomic mass is 16.3. The van der Waals surface area contributed by atoms with E-state index in [0.29, 0.717) is 18.9 Å². The van der Waals surface area contributed by atoms with Crippen LogP contribution in [0.1, 0.15) is 25.7 Å². The van der Waals surface area contributed by atoms with Gasteiger partial charge >= 0.3 is 0 Å². The molecule has 3 rings (SSSR count). The van der Waals surface area contributed by atoms with Gasteiger partial charge in [0.15, 0.2) is 5.96 Å². The van der Waals surface area contributed by atoms with Crippen molar-refractivity contribution in [3.63, 3.8) is 0 Å². The molecule has 1 aromatic rings. The van der Waals surface area contributed by atoms with Crippen LogP contribution in [0.4, 0.5) is 5.95 Å². The van der Waals surface area contributed by atoms with E-state index in [1.807, 2.05) is 6.07 Å². The fourth-order valence-corrected chi connectivity index (χ4v) is 2.90. The minimum atomic E-state index is -0.479. The maximum absolute atomic E-state index is 10.0. The predicted octanol–water partition coefficient (Wildman–Crippen LogP) is 0.218. The third-order valence-corrected chi connectivity index (χ3v) is 4.57. The Morgan fingerprint density at radius 3 is 2.50 bits per heavy atom. The molecular formula is C15H24N6O. The summed E-state index contributed by atoms with van der Waals surface area (Å²) in [6.07, 6.45) is 7.16. The van der Waals surface area contributed by atoms with Gasteiger partial charge < -0.3 is 20.6 Å². The molecule has 120 valence electrons. The summed E-state index contributed by atoms with van der Waals surface area (Å²) >= 11 is 0. The Bertz CT molecular complexity index is 508. The third kappa shape index (κ3) is 3.47. The Balaban J connectivity index is 1.46. The second kappa shape index (κ2) is 6.48. The van der Waals surface area contributed by atoms with Crippen LogP contribution in [-0.4, -0.2) is 64.3 Å². The normalized spacial score (nSPS) is 21.6. The zero-order valence-corrected chi connectivity index (χ0v) is 12.9. The molecule has 1 saturated carbocycles. The highest BCUT2D eigenvalue weighted by Crippen LogP contribution is 2.34. The molecule has 0 aromatic carbocycles. The van der Waals surface area contributed by atoms with Gasteiger partial charge in [-0.25, -0.2) is 9.97 Å². The van der Waals surface area contributed by atoms with Gasteiger partial charge in [-0.05, 0) is 31.7 Å². The molecule has 1 aliphatic carbocycles. The van der Waals surface area contributed by atoms with E-state index in [0.717, 1.165) is 51.4 Å². The van der Waals surface area contributed by atoms with E-state index in [1.54, 1.807) is 12.4 Å². The first-order valence-corrected chi connectivity index (χ1v) is 7.96. The van der Waals surface area contributed by atoms with E-state index in [-0.39, 0.29) is 0 Å². The van der Waals surface area contributed by atoms with Crippen molar-refractivity contribution in [3.8, 4) is 0 Å². The molecule has 0 bridgehead atoms. The first kappa shape index (κ1) is 15.0. The molecule has 0 radical (unpaired) electrons. The number of hydrogen-bond donors (Lipinski definition) is 2. The number of aromatic nitrogens is 2. The van der Waals surface area contributed by atoms with Gasteiger partial charge in [-0.15, -0.1) is 0 Å². The number of hydrogen-bond acceptors (Lipinski definition) is 5. The molecule has 2 fully saturated rings. The molecule has 1 aromatic heterocycles. The van der Waals surface area contributed by atoms with Crippen LogP contribution in [0.3, 0.4) is 0 Å². The Morgan fingerprint density at radius 2 is 1.91 bits per heavy atom. The first-order valence-electron chi connectivity index (χ1n) is 7.96. The fourth-order valence-electron chi connectivity index (χ4n) is 2.90. The summed E-state index contributed by atoms with van der Waals surface area (Å²) in [5.74, 6) is 1.35. The molecule has 22 heavy (non-hydrogen) atoms. The van der Waals surface area contributed by atoms with Crippen LogP contribution in [0.2, 0.25) is 0 Å². The Labute approximate surface area is 130 Å². The Hall–Kier alpha value is -1.89. The summed E-state index contributed by atoms with van der Waals surface area (Å²) in [6, 6.07) is 1.82. The second-order valence-corrected chi connectivity index (χ2v) is 6.09. The zero-order chi connectivity index (χ0) is 15.4. The van der Waals surface area contributed by atoms with Crippen molar-refractivity contribution in [2.24, 2.45) is 10.7 Å². The number of nitrogens with zero attached hydrogens (tertiary/aromatic N) is 5. The lowest BCUT2D eigenvalue weighted by molar-refractivity contribution is -0.0378. The molecule has 3 N–H and O–H groups in total. The van der Waals surface area contributed by atoms with Crippen molar-refractivity contribution in [3.05, 3.63) is 18.5 Å². The van der Waals surface area contributed by atoms with Gasteiger partial charge in [0, 0.05) is 45.1 Å². The monoisotopic (exact) mass is 304 g/mol. The fraction of sp³-hybridized carbons (Fsp3) is 0.667. The first-order chi connectivity index (χ1) is 10.7. The number of guanidine groups is 1. The average Bonchev–Trinajstić information content (AvgIpc) is 2.54. The topological polar surface area (TPSA) is 90.9 Å². The molecule has 7 nitrogen and oxygen atoms in total. The van der Waals surface area contributed by atoms with Gasteiger partial charge in [0.1, 0.15) is 0 Å². The lowest BCUT2D eigenvalue weighted by Crippen LogP contribution is -2.51. The maximum Gasteiger partial charge on any atom is 0.225 e. The van der Waals surface area contributed by atoms with Crippen molar-refractivity contribution < 1.29 is 5.11 Å². The zero-order valence-electron chi connectivity index (χ0n) is 12.9. The SMILES string of the molecule is NC(=NCCC1(O)CCC1)N1CCN(c2ncccn2)CC1. The minimum absolute atomic E-state index is 0.479. The maximum atomic E-state index is 10.0. The van der Waals surface area contributed by atoms with Crippen molar-refractivity contribution in [1.82, 2.24) is 14.9 Å². The standard InChI is InChI=1S/C15H24N6O/c16-13(17-8-5-15(22)3-1-4-15)20-9-11-21(12-10-20)14-18-6-2-7-19-14/h2,6-7,22H,1,3-5,8-12H2,(H2,16,17). The molecule has 0 amide bonds. The molecule has 1 saturated heterocycles. The minimum Gasteiger partial charge on any atom is -0.390 e. The second-order valence-electron chi connectivity index (χ2n) is 6.09. The Kier molecular flexibility index (Phi) is 4.42. The number of aliphatic hydroxyl groups is 1. The highest BCUT2D eigenvalue weighted by Gasteiger charge is 2.33. The summed E-state index contributed by atoms with van der Waals surface area (Å²) < 4.78 is 0. The van der Waals surface area contributed by atoms with Crippen molar-refractivity contribution >= 4 is 11.9 Å². The van der Waals surface area contributed by atoms with Crippen LogP contribution in [-0.2, 0) is 0 Å². The van der Waals surface area contributed by atoms with E-state index in [4.69, 9.17) is 5.73 Å². The van der Waals surface area contributed by atoms with Gasteiger partial charge in [0.25, 0.3) is 0 Å². The lowest BCUT2D eigenvalue weighted by atomic mass is 9.78. The predicted molar refractivity (Wildman–Crippen MR) is 85.7 cm³/mol. The molecule has 0 spiro atoms. The largest absolute Gasteiger partial charge is 0.390 e. The van der Waals surface area contributed by atoms with E-state index >= 15 is 0 Å². The van der Waals surface area contributed by atoms with Crippen LogP contribution in [0, 0.1) is 0 Å². The van der Waals surface area contributed by atoms with Crippen LogP contribution >= 0.6 is 0 Å². The summed E-state index contributed by atoms with van der Waals surface area (Å²) in [7, 11) is 0. The summed E-state index contributed by atoms with van der Waals surface area (Å²) in [6.45, 7) is 3.91. The number of anilines is 1. The number of piperazine rings is 1. The van der Waals surface area contributed by atoms with Crippen LogP contribution in [0.5, 0.6) is 0 Å². The van der Waals surface area contributed by atoms with Gasteiger partial charge in [0.2, 0.25) is 5.95 Å². The van der Waals surface area contributed by atoms with E-state index in [2.05, 4.69) is 24.8 Å². The average molecular weight is 304 g/mol. The summed E-state index contributed by atoms with van der Waals surface area (Å²) in [5.41, 5.74) is 5.59. The molecule has 1 aliphatic heterocycles. The third-order valence-electron chi connectivity index (χ3n) is 4.57. The molecule has 2 aliphatic rings. The molecule has 7 heteroatoms. The van der Waals surface area contributed by atoms with Crippen LogP contribution in [0.25, 0.3) is 0 Å². The molecule has 0 atom stereocenters. The molecule has 2 heterocycles. The lowest BCUT2D eigenvalue weighted by Gasteiger charge is -2.37. The van der Waals surface area contributed by atoms with Crippen LogP contribution in [0.15, 0.2) is 23.5 Å². The van der Waals surface area contributed by atoms with E-state index in [9.17, 15) is 5.11 Å². The quantitative estimate of drug-likeness (QED) is 0.611. The molecule has 0 unspecified atom stereocenters. The van der Waals surface area contributed by atoms with Crippen molar-refractivity contribution in [1.29, 1.82) is 0 Å². The van der Waals surface area contributed by atoms with Gasteiger partial charge in [-0.2, -0.15) is 0 Å². The van der Waals surface area contributed by atoms with Crippen LogP contribution < -0.4 is 10.6 Å². The van der Waals surface area contributed by atoms with Crippen molar-refractivity contribution in [2.75, 3.05) is 37.6 Å². The van der Waals surface area contributed by atoms with Crippen molar-refractivity contribution in [2.45, 2.75) is 31.3 Å². The summed E-state index contributed by atoms with van der Waals surface area (Å²) in [5, 5.41) is 10.0. The number of aliphatic imine (C=N–C) groups is 1. The number of rotatable bonds is 4. The summed E-state index contributed by atoms with van der Waals surface area (Å²) in [4.78, 5) is 17.2. The van der Waals surface area contributed by atoms with Gasteiger partial charge in [0.05, 0.1) is 5.60 Å².